The first kappa shape index (κ1) is 13.6. The number of nitrogens with zero attached hydrogens (tertiary/aromatic N) is 1. The zero-order valence-electron chi connectivity index (χ0n) is 11.7. The summed E-state index contributed by atoms with van der Waals surface area (Å²) in [5.74, 6) is 0.202. The van der Waals surface area contributed by atoms with E-state index >= 15 is 0 Å². The van der Waals surface area contributed by atoms with E-state index in [1.54, 1.807) is 0 Å². The summed E-state index contributed by atoms with van der Waals surface area (Å²) < 4.78 is 5.37. The van der Waals surface area contributed by atoms with Crippen molar-refractivity contribution in [2.75, 3.05) is 13.2 Å². The van der Waals surface area contributed by atoms with Gasteiger partial charge in [-0.3, -0.25) is 0 Å². The third kappa shape index (κ3) is 2.34. The smallest absolute Gasteiger partial charge is 0.0878 e. The standard InChI is InChI=1S/C17H21NO2/c18-12-17(16(19)14-6-9-20-10-7-14)8-5-13-3-1-2-4-15(13)11-17/h1-4,14,16,19H,5-11H2. The minimum Gasteiger partial charge on any atom is -0.391 e. The first-order valence-corrected chi connectivity index (χ1v) is 7.49. The maximum Gasteiger partial charge on any atom is 0.0878 e. The Labute approximate surface area is 120 Å². The van der Waals surface area contributed by atoms with E-state index in [-0.39, 0.29) is 5.92 Å². The lowest BCUT2D eigenvalue weighted by molar-refractivity contribution is -0.0426. The fourth-order valence-corrected chi connectivity index (χ4v) is 3.66. The number of fused-ring (bicyclic) bond motifs is 1. The average molecular weight is 271 g/mol. The number of nitriles is 1. The summed E-state index contributed by atoms with van der Waals surface area (Å²) in [6, 6.07) is 10.8. The number of hydrogen-bond donors (Lipinski definition) is 1. The minimum absolute atomic E-state index is 0.202. The Hall–Kier alpha value is -1.37. The van der Waals surface area contributed by atoms with E-state index in [9.17, 15) is 10.4 Å². The molecule has 0 saturated carbocycles. The molecular formula is C17H21NO2. The number of hydrogen-bond acceptors (Lipinski definition) is 3. The van der Waals surface area contributed by atoms with Crippen LogP contribution in [0.1, 0.15) is 30.4 Å². The first-order valence-electron chi connectivity index (χ1n) is 7.49. The minimum atomic E-state index is -0.615. The molecule has 1 aromatic carbocycles. The van der Waals surface area contributed by atoms with Crippen molar-refractivity contribution < 1.29 is 9.84 Å². The van der Waals surface area contributed by atoms with Crippen molar-refractivity contribution in [1.29, 1.82) is 5.26 Å². The van der Waals surface area contributed by atoms with Crippen LogP contribution in [0, 0.1) is 22.7 Å². The summed E-state index contributed by atoms with van der Waals surface area (Å²) in [4.78, 5) is 0. The zero-order valence-corrected chi connectivity index (χ0v) is 11.7. The molecule has 106 valence electrons. The monoisotopic (exact) mass is 271 g/mol. The summed E-state index contributed by atoms with van der Waals surface area (Å²) in [7, 11) is 0. The lowest BCUT2D eigenvalue weighted by Crippen LogP contribution is -2.45. The number of aliphatic hydroxyl groups is 1. The molecule has 1 aliphatic heterocycles. The van der Waals surface area contributed by atoms with Crippen LogP contribution in [0.4, 0.5) is 0 Å². The van der Waals surface area contributed by atoms with Crippen molar-refractivity contribution in [2.45, 2.75) is 38.2 Å². The van der Waals surface area contributed by atoms with Crippen molar-refractivity contribution >= 4 is 0 Å². The molecule has 2 unspecified atom stereocenters. The van der Waals surface area contributed by atoms with Crippen LogP contribution in [0.15, 0.2) is 24.3 Å². The van der Waals surface area contributed by atoms with Crippen LogP contribution in [0.25, 0.3) is 0 Å². The lowest BCUT2D eigenvalue weighted by Gasteiger charge is -2.40. The zero-order chi connectivity index (χ0) is 14.0. The second kappa shape index (κ2) is 5.55. The Balaban J connectivity index is 1.84. The molecule has 0 aromatic heterocycles. The van der Waals surface area contributed by atoms with Crippen LogP contribution in [0.2, 0.25) is 0 Å². The molecule has 0 amide bonds. The highest BCUT2D eigenvalue weighted by Gasteiger charge is 2.44. The molecule has 0 bridgehead atoms. The average Bonchev–Trinajstić information content (AvgIpc) is 2.54. The highest BCUT2D eigenvalue weighted by atomic mass is 16.5. The molecule has 1 fully saturated rings. The first-order chi connectivity index (χ1) is 9.75. The van der Waals surface area contributed by atoms with E-state index in [1.165, 1.54) is 11.1 Å². The Bertz CT molecular complexity index is 516. The van der Waals surface area contributed by atoms with Crippen molar-refractivity contribution in [3.63, 3.8) is 0 Å². The van der Waals surface area contributed by atoms with Gasteiger partial charge in [0, 0.05) is 13.2 Å². The van der Waals surface area contributed by atoms with E-state index in [0.29, 0.717) is 19.6 Å². The van der Waals surface area contributed by atoms with Crippen LogP contribution in [0.5, 0.6) is 0 Å². The summed E-state index contributed by atoms with van der Waals surface area (Å²) in [6.45, 7) is 1.42. The quantitative estimate of drug-likeness (QED) is 0.899. The Morgan fingerprint density at radius 1 is 1.25 bits per heavy atom. The number of ether oxygens (including phenoxy) is 1. The molecule has 2 aliphatic rings. The molecule has 20 heavy (non-hydrogen) atoms. The topological polar surface area (TPSA) is 53.2 Å². The molecular weight excluding hydrogens is 250 g/mol. The molecule has 3 heteroatoms. The fourth-order valence-electron chi connectivity index (χ4n) is 3.66. The molecule has 1 heterocycles. The van der Waals surface area contributed by atoms with E-state index in [4.69, 9.17) is 4.74 Å². The molecule has 3 nitrogen and oxygen atoms in total. The van der Waals surface area contributed by atoms with E-state index in [0.717, 1.165) is 25.7 Å². The number of aryl methyl sites for hydroxylation is 1. The molecule has 1 aliphatic carbocycles. The van der Waals surface area contributed by atoms with Gasteiger partial charge < -0.3 is 9.84 Å². The van der Waals surface area contributed by atoms with Gasteiger partial charge >= 0.3 is 0 Å². The van der Waals surface area contributed by atoms with Crippen molar-refractivity contribution in [3.8, 4) is 6.07 Å². The Morgan fingerprint density at radius 2 is 1.95 bits per heavy atom. The van der Waals surface area contributed by atoms with E-state index < -0.39 is 11.5 Å². The Morgan fingerprint density at radius 3 is 2.65 bits per heavy atom. The molecule has 2 atom stereocenters. The second-order valence-electron chi connectivity index (χ2n) is 6.11. The normalized spacial score (nSPS) is 28.4. The number of aliphatic hydroxyl groups excluding tert-OH is 1. The predicted octanol–water partition coefficient (Wildman–Crippen LogP) is 2.47. The van der Waals surface area contributed by atoms with Gasteiger partial charge in [-0.1, -0.05) is 24.3 Å². The van der Waals surface area contributed by atoms with Gasteiger partial charge in [0.2, 0.25) is 0 Å². The van der Waals surface area contributed by atoms with Crippen molar-refractivity contribution in [3.05, 3.63) is 35.4 Å². The Kier molecular flexibility index (Phi) is 3.78. The van der Waals surface area contributed by atoms with E-state index in [1.807, 2.05) is 12.1 Å². The SMILES string of the molecule is N#CC1(C(O)C2CCOCC2)CCc2ccccc2C1. The summed E-state index contributed by atoms with van der Waals surface area (Å²) in [5, 5.41) is 20.5. The van der Waals surface area contributed by atoms with Crippen molar-refractivity contribution in [2.24, 2.45) is 11.3 Å². The molecule has 0 spiro atoms. The maximum absolute atomic E-state index is 10.8. The van der Waals surface area contributed by atoms with Crippen LogP contribution in [-0.2, 0) is 17.6 Å². The van der Waals surface area contributed by atoms with Gasteiger partial charge in [-0.05, 0) is 49.1 Å². The van der Waals surface area contributed by atoms with Crippen LogP contribution in [0.3, 0.4) is 0 Å². The maximum atomic E-state index is 10.8. The van der Waals surface area contributed by atoms with Gasteiger partial charge in [0.15, 0.2) is 0 Å². The van der Waals surface area contributed by atoms with Crippen LogP contribution >= 0.6 is 0 Å². The van der Waals surface area contributed by atoms with Crippen LogP contribution in [-0.4, -0.2) is 24.4 Å². The number of benzene rings is 1. The van der Waals surface area contributed by atoms with Gasteiger partial charge in [-0.2, -0.15) is 5.26 Å². The highest BCUT2D eigenvalue weighted by Crippen LogP contribution is 2.42. The van der Waals surface area contributed by atoms with Crippen LogP contribution < -0.4 is 0 Å². The third-order valence-electron chi connectivity index (χ3n) is 4.97. The molecule has 1 aromatic rings. The van der Waals surface area contributed by atoms with Gasteiger partial charge in [0.25, 0.3) is 0 Å². The summed E-state index contributed by atoms with van der Waals surface area (Å²) in [6.07, 6.45) is 3.53. The molecule has 3 rings (SSSR count). The second-order valence-corrected chi connectivity index (χ2v) is 6.11. The number of rotatable bonds is 2. The lowest BCUT2D eigenvalue weighted by atomic mass is 9.65. The van der Waals surface area contributed by atoms with Gasteiger partial charge in [-0.15, -0.1) is 0 Å². The molecule has 1 N–H and O–H groups in total. The van der Waals surface area contributed by atoms with Gasteiger partial charge in [-0.25, -0.2) is 0 Å². The van der Waals surface area contributed by atoms with E-state index in [2.05, 4.69) is 18.2 Å². The third-order valence-corrected chi connectivity index (χ3v) is 4.97. The molecule has 1 saturated heterocycles. The largest absolute Gasteiger partial charge is 0.391 e. The van der Waals surface area contributed by atoms with Gasteiger partial charge in [0.05, 0.1) is 17.6 Å². The summed E-state index contributed by atoms with van der Waals surface area (Å²) >= 11 is 0. The predicted molar refractivity (Wildman–Crippen MR) is 76.1 cm³/mol. The fraction of sp³-hybridized carbons (Fsp3) is 0.588. The van der Waals surface area contributed by atoms with Crippen molar-refractivity contribution in [1.82, 2.24) is 0 Å². The summed E-state index contributed by atoms with van der Waals surface area (Å²) in [5.41, 5.74) is 1.94. The highest BCUT2D eigenvalue weighted by molar-refractivity contribution is 5.33. The van der Waals surface area contributed by atoms with Gasteiger partial charge in [0.1, 0.15) is 0 Å². The molecule has 0 radical (unpaired) electrons.